The van der Waals surface area contributed by atoms with Gasteiger partial charge in [0.25, 0.3) is 5.91 Å². The first-order chi connectivity index (χ1) is 20.0. The Morgan fingerprint density at radius 3 is 2.12 bits per heavy atom. The lowest BCUT2D eigenvalue weighted by Gasteiger charge is -2.20. The molecule has 4 rings (SSSR count). The molecule has 0 bridgehead atoms. The number of allylic oxidation sites excluding steroid dienone is 4. The van der Waals surface area contributed by atoms with Crippen LogP contribution in [0.5, 0.6) is 0 Å². The highest BCUT2D eigenvalue weighted by atomic mass is 19.4. The molecular weight excluding hydrogens is 545 g/mol. The van der Waals surface area contributed by atoms with Crippen molar-refractivity contribution in [1.29, 1.82) is 5.41 Å². The van der Waals surface area contributed by atoms with E-state index in [0.29, 0.717) is 28.9 Å². The van der Waals surface area contributed by atoms with Gasteiger partial charge in [0.15, 0.2) is 0 Å². The van der Waals surface area contributed by atoms with Gasteiger partial charge >= 0.3 is 12.2 Å². The van der Waals surface area contributed by atoms with Crippen molar-refractivity contribution in [1.82, 2.24) is 10.6 Å². The summed E-state index contributed by atoms with van der Waals surface area (Å²) >= 11 is 0. The Labute approximate surface area is 240 Å². The van der Waals surface area contributed by atoms with Crippen LogP contribution >= 0.6 is 0 Å². The Morgan fingerprint density at radius 1 is 0.833 bits per heavy atom. The Balaban J connectivity index is 1.32. The third-order valence-electron chi connectivity index (χ3n) is 6.34. The second kappa shape index (κ2) is 12.9. The molecule has 1 unspecified atom stereocenters. The molecule has 8 nitrogen and oxygen atoms in total. The zero-order valence-electron chi connectivity index (χ0n) is 22.5. The quantitative estimate of drug-likeness (QED) is 0.136. The average molecular weight is 575 g/mol. The van der Waals surface area contributed by atoms with E-state index in [9.17, 15) is 22.8 Å². The van der Waals surface area contributed by atoms with Crippen LogP contribution < -0.4 is 27.0 Å². The molecule has 0 fully saturated rings. The third kappa shape index (κ3) is 8.10. The molecule has 0 saturated carbocycles. The van der Waals surface area contributed by atoms with E-state index < -0.39 is 23.7 Å². The Kier molecular flexibility index (Phi) is 9.11. The van der Waals surface area contributed by atoms with E-state index >= 15 is 0 Å². The second-order valence-corrected chi connectivity index (χ2v) is 9.54. The number of urea groups is 1. The molecule has 42 heavy (non-hydrogen) atoms. The Hall–Kier alpha value is -5.32. The first-order valence-electron chi connectivity index (χ1n) is 12.9. The summed E-state index contributed by atoms with van der Waals surface area (Å²) in [7, 11) is 0. The summed E-state index contributed by atoms with van der Waals surface area (Å²) in [6.45, 7) is 1.95. The van der Waals surface area contributed by atoms with Crippen molar-refractivity contribution in [2.75, 3.05) is 10.6 Å². The van der Waals surface area contributed by atoms with E-state index in [1.165, 1.54) is 12.1 Å². The molecule has 11 heteroatoms. The lowest BCUT2D eigenvalue weighted by atomic mass is 10.0. The van der Waals surface area contributed by atoms with Gasteiger partial charge in [-0.15, -0.1) is 0 Å². The van der Waals surface area contributed by atoms with Crippen molar-refractivity contribution in [3.63, 3.8) is 0 Å². The largest absolute Gasteiger partial charge is 0.416 e. The van der Waals surface area contributed by atoms with Gasteiger partial charge in [-0.1, -0.05) is 30.4 Å². The number of rotatable bonds is 8. The maximum Gasteiger partial charge on any atom is 0.416 e. The van der Waals surface area contributed by atoms with Gasteiger partial charge in [0.2, 0.25) is 0 Å². The molecule has 3 aromatic rings. The smallest absolute Gasteiger partial charge is 0.384 e. The molecule has 0 saturated heterocycles. The molecule has 7 N–H and O–H groups in total. The number of amidine groups is 1. The van der Waals surface area contributed by atoms with Gasteiger partial charge in [0, 0.05) is 46.4 Å². The molecule has 3 aromatic carbocycles. The topological polar surface area (TPSA) is 132 Å². The van der Waals surface area contributed by atoms with Gasteiger partial charge in [0.1, 0.15) is 5.84 Å². The highest BCUT2D eigenvalue weighted by Gasteiger charge is 2.30. The molecule has 216 valence electrons. The minimum Gasteiger partial charge on any atom is -0.384 e. The van der Waals surface area contributed by atoms with E-state index in [4.69, 9.17) is 11.1 Å². The number of nitrogens with two attached hydrogens (primary N) is 1. The first-order valence-corrected chi connectivity index (χ1v) is 12.9. The number of benzene rings is 3. The zero-order chi connectivity index (χ0) is 30.3. The minimum atomic E-state index is -4.50. The molecule has 0 aliphatic heterocycles. The van der Waals surface area contributed by atoms with Gasteiger partial charge < -0.3 is 27.0 Å². The number of alkyl halides is 3. The summed E-state index contributed by atoms with van der Waals surface area (Å²) in [6.07, 6.45) is 3.28. The highest BCUT2D eigenvalue weighted by Crippen LogP contribution is 2.30. The lowest BCUT2D eigenvalue weighted by molar-refractivity contribution is -0.137. The van der Waals surface area contributed by atoms with Crippen LogP contribution in [0.1, 0.15) is 46.4 Å². The van der Waals surface area contributed by atoms with Crippen LogP contribution in [-0.2, 0) is 6.18 Å². The summed E-state index contributed by atoms with van der Waals surface area (Å²) in [5, 5.41) is 19.0. The molecule has 0 heterocycles. The maximum absolute atomic E-state index is 13.0. The predicted molar refractivity (Wildman–Crippen MR) is 157 cm³/mol. The number of carbonyl (C=O) groups is 2. The first kappa shape index (κ1) is 29.7. The van der Waals surface area contributed by atoms with Crippen LogP contribution in [0.3, 0.4) is 0 Å². The molecule has 1 atom stereocenters. The fourth-order valence-electron chi connectivity index (χ4n) is 4.15. The van der Waals surface area contributed by atoms with Gasteiger partial charge in [0.05, 0.1) is 5.56 Å². The van der Waals surface area contributed by atoms with Gasteiger partial charge in [-0.2, -0.15) is 13.2 Å². The molecule has 0 radical (unpaired) electrons. The van der Waals surface area contributed by atoms with Crippen molar-refractivity contribution in [3.8, 4) is 0 Å². The van der Waals surface area contributed by atoms with Crippen molar-refractivity contribution >= 4 is 29.1 Å². The van der Waals surface area contributed by atoms with Crippen molar-refractivity contribution < 1.29 is 22.8 Å². The number of amides is 3. The van der Waals surface area contributed by atoms with Crippen LogP contribution in [0.4, 0.5) is 29.3 Å². The summed E-state index contributed by atoms with van der Waals surface area (Å²) < 4.78 is 38.9. The van der Waals surface area contributed by atoms with E-state index in [1.807, 2.05) is 25.2 Å². The molecular formula is C31H29F3N6O2. The second-order valence-electron chi connectivity index (χ2n) is 9.54. The predicted octanol–water partition coefficient (Wildman–Crippen LogP) is 6.44. The summed E-state index contributed by atoms with van der Waals surface area (Å²) in [6, 6.07) is 17.3. The lowest BCUT2D eigenvalue weighted by Crippen LogP contribution is -2.29. The normalized spacial score (nSPS) is 13.6. The molecule has 1 aliphatic rings. The van der Waals surface area contributed by atoms with Crippen LogP contribution in [-0.4, -0.2) is 17.8 Å². The third-order valence-corrected chi connectivity index (χ3v) is 6.34. The summed E-state index contributed by atoms with van der Waals surface area (Å²) in [4.78, 5) is 25.2. The molecule has 1 aliphatic carbocycles. The van der Waals surface area contributed by atoms with Crippen LogP contribution in [0.15, 0.2) is 108 Å². The SMILES string of the molecule is CC(NC1=CC=CC=C(NC(=O)Nc2ccc(C(=N)N)cc2)C1)c1ccc(C(=O)Nc2cccc(C(F)(F)F)c2)cc1. The molecule has 3 amide bonds. The van der Waals surface area contributed by atoms with Crippen LogP contribution in [0.2, 0.25) is 0 Å². The number of hydrogen-bond donors (Lipinski definition) is 6. The standard InChI is InChI=1S/C31H29F3N6O2/c1-19(20-9-11-22(12-10-20)29(41)38-25-8-4-5-23(17-25)31(32,33)34)37-26-6-2-3-7-27(18-26)40-30(42)39-24-15-13-21(14-16-24)28(35)36/h2-17,19,37H,18H2,1H3,(H3,35,36)(H,38,41)(H2,39,40,42). The number of anilines is 2. The average Bonchev–Trinajstić information content (AvgIpc) is 3.17. The van der Waals surface area contributed by atoms with Crippen molar-refractivity contribution in [2.24, 2.45) is 5.73 Å². The highest BCUT2D eigenvalue weighted by molar-refractivity contribution is 6.04. The Bertz CT molecular complexity index is 1560. The van der Waals surface area contributed by atoms with Crippen LogP contribution in [0.25, 0.3) is 0 Å². The number of carbonyl (C=O) groups excluding carboxylic acids is 2. The monoisotopic (exact) mass is 574 g/mol. The number of nitrogen functional groups attached to an aromatic ring is 1. The van der Waals surface area contributed by atoms with Gasteiger partial charge in [-0.05, 0) is 79.2 Å². The molecule has 0 aromatic heterocycles. The Morgan fingerprint density at radius 2 is 1.48 bits per heavy atom. The van der Waals surface area contributed by atoms with E-state index in [0.717, 1.165) is 23.4 Å². The fraction of sp³-hybridized carbons (Fsp3) is 0.129. The van der Waals surface area contributed by atoms with Gasteiger partial charge in [-0.3, -0.25) is 10.2 Å². The maximum atomic E-state index is 13.0. The van der Waals surface area contributed by atoms with E-state index in [-0.39, 0.29) is 17.6 Å². The van der Waals surface area contributed by atoms with Crippen LogP contribution in [0, 0.1) is 5.41 Å². The number of halogens is 3. The van der Waals surface area contributed by atoms with Gasteiger partial charge in [-0.25, -0.2) is 4.79 Å². The van der Waals surface area contributed by atoms with Crippen molar-refractivity contribution in [2.45, 2.75) is 25.6 Å². The minimum absolute atomic E-state index is 0.0549. The fourth-order valence-corrected chi connectivity index (χ4v) is 4.15. The number of nitrogens with one attached hydrogen (secondary N) is 5. The summed E-state index contributed by atoms with van der Waals surface area (Å²) in [5.74, 6) is -0.579. The number of hydrogen-bond acceptors (Lipinski definition) is 4. The molecule has 0 spiro atoms. The van der Waals surface area contributed by atoms with E-state index in [1.54, 1.807) is 54.6 Å². The summed E-state index contributed by atoms with van der Waals surface area (Å²) in [5.41, 5.74) is 8.47. The van der Waals surface area contributed by atoms with E-state index in [2.05, 4.69) is 21.3 Å². The van der Waals surface area contributed by atoms with Crippen molar-refractivity contribution in [3.05, 3.63) is 131 Å². The zero-order valence-corrected chi connectivity index (χ0v) is 22.5.